The first-order chi connectivity index (χ1) is 10.1. The van der Waals surface area contributed by atoms with Crippen LogP contribution in [-0.2, 0) is 0 Å². The van der Waals surface area contributed by atoms with Crippen LogP contribution in [0, 0.1) is 6.92 Å². The zero-order chi connectivity index (χ0) is 15.0. The molecule has 0 saturated heterocycles. The van der Waals surface area contributed by atoms with Crippen molar-refractivity contribution in [1.29, 1.82) is 0 Å². The van der Waals surface area contributed by atoms with Crippen molar-refractivity contribution in [2.45, 2.75) is 6.92 Å². The molecule has 0 atom stereocenters. The molecule has 0 bridgehead atoms. The van der Waals surface area contributed by atoms with E-state index in [2.05, 4.69) is 20.9 Å². The van der Waals surface area contributed by atoms with E-state index >= 15 is 0 Å². The first-order valence-corrected chi connectivity index (χ1v) is 8.68. The second-order valence-corrected chi connectivity index (χ2v) is 7.26. The van der Waals surface area contributed by atoms with Crippen molar-refractivity contribution in [3.05, 3.63) is 59.8 Å². The van der Waals surface area contributed by atoms with Gasteiger partial charge in [-0.15, -0.1) is 22.7 Å². The molecule has 106 valence electrons. The summed E-state index contributed by atoms with van der Waals surface area (Å²) in [5.74, 6) is -0.272. The summed E-state index contributed by atoms with van der Waals surface area (Å²) in [5, 5.41) is 4.77. The molecule has 0 amide bonds. The van der Waals surface area contributed by atoms with Crippen molar-refractivity contribution < 1.29 is 4.79 Å². The molecule has 0 saturated carbocycles. The number of carbonyl (C=O) groups is 1. The van der Waals surface area contributed by atoms with Crippen LogP contribution in [0.1, 0.15) is 20.8 Å². The number of nitrogens with one attached hydrogen (secondary N) is 1. The highest BCUT2D eigenvalue weighted by molar-refractivity contribution is 9.10. The van der Waals surface area contributed by atoms with E-state index in [0.717, 1.165) is 25.1 Å². The predicted molar refractivity (Wildman–Crippen MR) is 92.6 cm³/mol. The van der Waals surface area contributed by atoms with E-state index in [1.54, 1.807) is 6.08 Å². The monoisotopic (exact) mass is 379 g/mol. The van der Waals surface area contributed by atoms with Crippen LogP contribution >= 0.6 is 38.6 Å². The number of hydrogen-bond donors (Lipinski definition) is 1. The smallest absolute Gasteiger partial charge is 0.260 e. The van der Waals surface area contributed by atoms with E-state index in [1.165, 1.54) is 28.7 Å². The Morgan fingerprint density at radius 2 is 2.19 bits per heavy atom. The van der Waals surface area contributed by atoms with Crippen molar-refractivity contribution >= 4 is 60.7 Å². The van der Waals surface area contributed by atoms with Gasteiger partial charge in [0, 0.05) is 20.1 Å². The van der Waals surface area contributed by atoms with Crippen molar-refractivity contribution in [2.75, 3.05) is 0 Å². The summed E-state index contributed by atoms with van der Waals surface area (Å²) in [5.41, 5.74) is 0.620. The van der Waals surface area contributed by atoms with Crippen LogP contribution < -0.4 is 5.56 Å². The van der Waals surface area contributed by atoms with Gasteiger partial charge in [-0.05, 0) is 58.1 Å². The second-order valence-electron chi connectivity index (χ2n) is 4.48. The van der Waals surface area contributed by atoms with Gasteiger partial charge in [0.1, 0.15) is 4.83 Å². The van der Waals surface area contributed by atoms with Crippen molar-refractivity contribution in [1.82, 2.24) is 4.98 Å². The van der Waals surface area contributed by atoms with Gasteiger partial charge in [0.05, 0.1) is 5.56 Å². The Hall–Kier alpha value is -1.50. The molecule has 0 spiro atoms. The SMILES string of the molecule is Cc1c(C(=O)/C=C/c2cc(Br)cs2)c(=O)[nH]c2sccc12. The minimum Gasteiger partial charge on any atom is -0.313 e. The summed E-state index contributed by atoms with van der Waals surface area (Å²) in [6.45, 7) is 1.81. The van der Waals surface area contributed by atoms with Gasteiger partial charge in [0.15, 0.2) is 5.78 Å². The molecule has 1 N–H and O–H groups in total. The lowest BCUT2D eigenvalue weighted by atomic mass is 10.0. The molecule has 0 aliphatic rings. The minimum absolute atomic E-state index is 0.216. The van der Waals surface area contributed by atoms with E-state index in [9.17, 15) is 9.59 Å². The number of allylic oxidation sites excluding steroid dienone is 1. The third kappa shape index (κ3) is 2.79. The van der Waals surface area contributed by atoms with E-state index in [4.69, 9.17) is 0 Å². The topological polar surface area (TPSA) is 49.9 Å². The van der Waals surface area contributed by atoms with E-state index in [0.29, 0.717) is 0 Å². The molecule has 3 aromatic heterocycles. The van der Waals surface area contributed by atoms with Crippen LogP contribution in [0.5, 0.6) is 0 Å². The number of rotatable bonds is 3. The van der Waals surface area contributed by atoms with Gasteiger partial charge < -0.3 is 4.98 Å². The lowest BCUT2D eigenvalue weighted by Gasteiger charge is -2.02. The third-order valence-electron chi connectivity index (χ3n) is 3.13. The average molecular weight is 380 g/mol. The maximum atomic E-state index is 12.3. The molecule has 0 aromatic carbocycles. The molecule has 3 nitrogen and oxygen atoms in total. The Bertz CT molecular complexity index is 917. The van der Waals surface area contributed by atoms with Gasteiger partial charge >= 0.3 is 0 Å². The maximum Gasteiger partial charge on any atom is 0.260 e. The number of halogens is 1. The Labute approximate surface area is 137 Å². The fraction of sp³-hybridized carbons (Fsp3) is 0.0667. The van der Waals surface area contributed by atoms with Crippen LogP contribution in [-0.4, -0.2) is 10.8 Å². The molecular weight excluding hydrogens is 370 g/mol. The van der Waals surface area contributed by atoms with Crippen molar-refractivity contribution in [3.63, 3.8) is 0 Å². The van der Waals surface area contributed by atoms with Gasteiger partial charge in [-0.25, -0.2) is 0 Å². The van der Waals surface area contributed by atoms with Crippen LogP contribution in [0.4, 0.5) is 0 Å². The van der Waals surface area contributed by atoms with Crippen LogP contribution in [0.3, 0.4) is 0 Å². The molecule has 0 radical (unpaired) electrons. The third-order valence-corrected chi connectivity index (χ3v) is 5.62. The molecule has 0 aliphatic heterocycles. The van der Waals surface area contributed by atoms with Gasteiger partial charge in [-0.3, -0.25) is 9.59 Å². The van der Waals surface area contributed by atoms with Crippen molar-refractivity contribution in [3.8, 4) is 0 Å². The number of aromatic amines is 1. The first-order valence-electron chi connectivity index (χ1n) is 6.13. The van der Waals surface area contributed by atoms with Gasteiger partial charge in [0.25, 0.3) is 5.56 Å². The normalized spacial score (nSPS) is 11.5. The fourth-order valence-corrected chi connectivity index (χ4v) is 4.30. The number of ketones is 1. The van der Waals surface area contributed by atoms with E-state index < -0.39 is 0 Å². The Balaban J connectivity index is 2.01. The summed E-state index contributed by atoms with van der Waals surface area (Å²) in [6, 6.07) is 3.84. The minimum atomic E-state index is -0.329. The van der Waals surface area contributed by atoms with Gasteiger partial charge in [-0.1, -0.05) is 0 Å². The highest BCUT2D eigenvalue weighted by Crippen LogP contribution is 2.23. The zero-order valence-corrected chi connectivity index (χ0v) is 14.2. The summed E-state index contributed by atoms with van der Waals surface area (Å²) in [7, 11) is 0. The number of carbonyl (C=O) groups excluding carboxylic acids is 1. The fourth-order valence-electron chi connectivity index (χ4n) is 2.13. The van der Waals surface area contributed by atoms with Crippen molar-refractivity contribution in [2.24, 2.45) is 0 Å². The van der Waals surface area contributed by atoms with E-state index in [1.807, 2.05) is 29.8 Å². The molecule has 21 heavy (non-hydrogen) atoms. The summed E-state index contributed by atoms with van der Waals surface area (Å²) >= 11 is 6.36. The quantitative estimate of drug-likeness (QED) is 0.533. The summed E-state index contributed by atoms with van der Waals surface area (Å²) in [4.78, 5) is 29.0. The number of fused-ring (bicyclic) bond motifs is 1. The van der Waals surface area contributed by atoms with Crippen LogP contribution in [0.2, 0.25) is 0 Å². The first kappa shape index (κ1) is 14.4. The molecular formula is C15H10BrNO2S2. The average Bonchev–Trinajstić information content (AvgIpc) is 3.05. The summed E-state index contributed by atoms with van der Waals surface area (Å²) in [6.07, 6.45) is 3.18. The van der Waals surface area contributed by atoms with Crippen LogP contribution in [0.15, 0.2) is 38.2 Å². The lowest BCUT2D eigenvalue weighted by Crippen LogP contribution is -2.18. The standard InChI is InChI=1S/C15H10BrNO2S2/c1-8-11-4-5-20-15(11)17-14(19)13(8)12(18)3-2-10-6-9(16)7-21-10/h2-7H,1H3,(H,17,19)/b3-2+. The zero-order valence-electron chi connectivity index (χ0n) is 11.0. The lowest BCUT2D eigenvalue weighted by molar-refractivity contribution is 0.104. The maximum absolute atomic E-state index is 12.3. The van der Waals surface area contributed by atoms with Gasteiger partial charge in [-0.2, -0.15) is 0 Å². The largest absolute Gasteiger partial charge is 0.313 e. The van der Waals surface area contributed by atoms with Gasteiger partial charge in [0.2, 0.25) is 0 Å². The molecule has 0 aliphatic carbocycles. The number of aryl methyl sites for hydroxylation is 1. The Kier molecular flexibility index (Phi) is 3.93. The number of H-pyrrole nitrogens is 1. The second kappa shape index (κ2) is 5.71. The molecule has 6 heteroatoms. The molecule has 0 unspecified atom stereocenters. The number of aromatic nitrogens is 1. The number of thiophene rings is 2. The molecule has 3 heterocycles. The highest BCUT2D eigenvalue weighted by Gasteiger charge is 2.15. The number of hydrogen-bond acceptors (Lipinski definition) is 4. The molecule has 3 rings (SSSR count). The van der Waals surface area contributed by atoms with E-state index in [-0.39, 0.29) is 16.9 Å². The molecule has 3 aromatic rings. The summed E-state index contributed by atoms with van der Waals surface area (Å²) < 4.78 is 0.980. The Morgan fingerprint density at radius 3 is 2.90 bits per heavy atom. The Morgan fingerprint density at radius 1 is 1.38 bits per heavy atom. The van der Waals surface area contributed by atoms with Crippen LogP contribution in [0.25, 0.3) is 16.3 Å². The number of pyridine rings is 1. The highest BCUT2D eigenvalue weighted by atomic mass is 79.9. The predicted octanol–water partition coefficient (Wildman–Crippen LogP) is 4.62. The molecule has 0 fully saturated rings.